The molecule has 0 aliphatic rings. The number of hydrogen-bond donors (Lipinski definition) is 6. The molecular formula is C54H58Cl2N6O10. The number of aliphatic carboxylic acids is 2. The van der Waals surface area contributed by atoms with Crippen molar-refractivity contribution in [3.05, 3.63) is 163 Å². The molecule has 18 heteroatoms. The van der Waals surface area contributed by atoms with E-state index >= 15 is 0 Å². The molecule has 0 saturated carbocycles. The average Bonchev–Trinajstić information content (AvgIpc) is 3.33. The number of pyridine rings is 2. The number of carboxylic acid groups (broad SMARTS) is 2. The molecular weight excluding hydrogens is 964 g/mol. The topological polar surface area (TPSA) is 227 Å². The Labute approximate surface area is 428 Å². The highest BCUT2D eigenvalue weighted by molar-refractivity contribution is 6.32. The fourth-order valence-electron chi connectivity index (χ4n) is 7.72. The molecule has 6 N–H and O–H groups in total. The van der Waals surface area contributed by atoms with Crippen LogP contribution in [0.2, 0.25) is 10.0 Å². The van der Waals surface area contributed by atoms with Gasteiger partial charge in [-0.05, 0) is 71.5 Å². The van der Waals surface area contributed by atoms with Crippen LogP contribution in [-0.2, 0) is 49.1 Å². The molecule has 4 aromatic carbocycles. The highest BCUT2D eigenvalue weighted by Crippen LogP contribution is 2.37. The van der Waals surface area contributed by atoms with Gasteiger partial charge in [-0.1, -0.05) is 59.6 Å². The van der Waals surface area contributed by atoms with Gasteiger partial charge in [0.25, 0.3) is 0 Å². The third-order valence-electron chi connectivity index (χ3n) is 11.4. The summed E-state index contributed by atoms with van der Waals surface area (Å²) in [6.45, 7) is 5.38. The molecule has 0 radical (unpaired) electrons. The first-order valence-corrected chi connectivity index (χ1v) is 23.7. The molecule has 0 fully saturated rings. The van der Waals surface area contributed by atoms with Gasteiger partial charge in [0.05, 0.1) is 35.1 Å². The molecule has 16 nitrogen and oxygen atoms in total. The first kappa shape index (κ1) is 54.4. The Morgan fingerprint density at radius 2 is 0.986 bits per heavy atom. The van der Waals surface area contributed by atoms with Crippen molar-refractivity contribution < 1.29 is 49.0 Å². The van der Waals surface area contributed by atoms with Crippen LogP contribution in [0.25, 0.3) is 11.1 Å². The number of nitrogens with one attached hydrogen (secondary N) is 2. The zero-order valence-electron chi connectivity index (χ0n) is 40.4. The van der Waals surface area contributed by atoms with Crippen LogP contribution in [0.4, 0.5) is 0 Å². The number of carboxylic acids is 2. The van der Waals surface area contributed by atoms with Gasteiger partial charge in [-0.15, -0.1) is 0 Å². The molecule has 2 atom stereocenters. The quantitative estimate of drug-likeness (QED) is 0.0267. The number of benzene rings is 4. The Kier molecular flexibility index (Phi) is 20.4. The molecule has 0 saturated heterocycles. The van der Waals surface area contributed by atoms with Gasteiger partial charge in [-0.25, -0.2) is 0 Å². The summed E-state index contributed by atoms with van der Waals surface area (Å²) < 4.78 is 25.4. The maximum absolute atomic E-state index is 11.1. The van der Waals surface area contributed by atoms with E-state index in [1.54, 1.807) is 75.6 Å². The number of aliphatic hydroxyl groups is 2. The Bertz CT molecular complexity index is 2690. The molecule has 0 aliphatic carbocycles. The van der Waals surface area contributed by atoms with E-state index in [0.29, 0.717) is 44.2 Å². The van der Waals surface area contributed by atoms with Crippen molar-refractivity contribution in [2.24, 2.45) is 9.98 Å². The number of aliphatic hydroxyl groups excluding tert-OH is 2. The van der Waals surface area contributed by atoms with Crippen molar-refractivity contribution >= 4 is 47.6 Å². The van der Waals surface area contributed by atoms with Gasteiger partial charge in [0.2, 0.25) is 0 Å². The van der Waals surface area contributed by atoms with Crippen LogP contribution >= 0.6 is 23.2 Å². The predicted octanol–water partition coefficient (Wildman–Crippen LogP) is 8.33. The van der Waals surface area contributed by atoms with Crippen molar-refractivity contribution in [2.75, 3.05) is 27.2 Å². The largest absolute Gasteiger partial charge is 0.488 e. The van der Waals surface area contributed by atoms with Crippen LogP contribution in [-0.4, -0.2) is 94.2 Å². The lowest BCUT2D eigenvalue weighted by Gasteiger charge is -2.19. The number of ether oxygens (including phenoxy) is 4. The minimum Gasteiger partial charge on any atom is -0.488 e. The maximum Gasteiger partial charge on any atom is 0.306 e. The van der Waals surface area contributed by atoms with Crippen molar-refractivity contribution in [1.82, 2.24) is 20.6 Å². The van der Waals surface area contributed by atoms with E-state index in [-0.39, 0.29) is 52.6 Å². The van der Waals surface area contributed by atoms with Crippen LogP contribution in [0.15, 0.2) is 108 Å². The second-order valence-corrected chi connectivity index (χ2v) is 17.7. The molecule has 378 valence electrons. The number of halogens is 2. The first-order valence-electron chi connectivity index (χ1n) is 23.0. The van der Waals surface area contributed by atoms with Gasteiger partial charge in [0.15, 0.2) is 0 Å². The first-order chi connectivity index (χ1) is 34.7. The zero-order chi connectivity index (χ0) is 51.6. The van der Waals surface area contributed by atoms with Crippen LogP contribution in [0.5, 0.6) is 23.0 Å². The molecule has 6 rings (SSSR count). The predicted molar refractivity (Wildman–Crippen MR) is 277 cm³/mol. The summed E-state index contributed by atoms with van der Waals surface area (Å²) >= 11 is 13.7. The van der Waals surface area contributed by atoms with Gasteiger partial charge >= 0.3 is 11.9 Å². The van der Waals surface area contributed by atoms with Crippen molar-refractivity contribution in [3.8, 4) is 34.1 Å². The highest BCUT2D eigenvalue weighted by Gasteiger charge is 2.18. The molecule has 72 heavy (non-hydrogen) atoms. The minimum absolute atomic E-state index is 0.0466. The summed E-state index contributed by atoms with van der Waals surface area (Å²) in [6.07, 6.45) is 7.28. The SMILES string of the molecule is CN=Cc1cncc(COc2cc(OCc3cccc(-c4cccc(COc5cc(OCc6cncc(C=NC)c6)c(CNCC(O)CC(=O)O)cc5Cl)c4C)c3C)c(Cl)cc2CNCC(O)CC(=O)O)c1. The van der Waals surface area contributed by atoms with E-state index < -0.39 is 37.0 Å². The van der Waals surface area contributed by atoms with Crippen molar-refractivity contribution in [2.45, 2.75) is 78.4 Å². The standard InChI is InChI=1S/C54H58Cl2N6O10/c1-33-39(31-71-51-17-49(69-29-37-11-35(19-57-3)21-59-23-37)41(13-47(51)55)25-61-27-43(63)15-53(65)66)7-5-9-45(33)46-10-6-8-40(34(46)2)32-72-52-18-50(70-30-38-12-36(20-58-4)22-60-24-38)42(14-48(52)56)26-62-28-44(64)16-54(67)68/h5-14,17-24,43-44,61-64H,15-16,25-32H2,1-4H3,(H,65,66)(H,67,68). The molecule has 0 amide bonds. The fourth-order valence-corrected chi connectivity index (χ4v) is 8.20. The maximum atomic E-state index is 11.1. The Hall–Kier alpha value is -6.92. The Morgan fingerprint density at radius 3 is 1.38 bits per heavy atom. The van der Waals surface area contributed by atoms with E-state index in [0.717, 1.165) is 55.6 Å². The summed E-state index contributed by atoms with van der Waals surface area (Å²) in [5.41, 5.74) is 10.5. The van der Waals surface area contributed by atoms with E-state index in [2.05, 4.69) is 42.7 Å². The fraction of sp³-hybridized carbons (Fsp3) is 0.296. The van der Waals surface area contributed by atoms with Gasteiger partial charge in [0.1, 0.15) is 49.4 Å². The summed E-state index contributed by atoms with van der Waals surface area (Å²) in [6, 6.07) is 22.8. The van der Waals surface area contributed by atoms with Crippen LogP contribution in [0, 0.1) is 13.8 Å². The van der Waals surface area contributed by atoms with Gasteiger partial charge < -0.3 is 50.0 Å². The zero-order valence-corrected chi connectivity index (χ0v) is 41.9. The molecule has 0 spiro atoms. The summed E-state index contributed by atoms with van der Waals surface area (Å²) in [4.78, 5) is 38.9. The third kappa shape index (κ3) is 16.0. The summed E-state index contributed by atoms with van der Waals surface area (Å²) in [7, 11) is 3.37. The van der Waals surface area contributed by atoms with Crippen molar-refractivity contribution in [1.29, 1.82) is 0 Å². The average molecular weight is 1020 g/mol. The lowest BCUT2D eigenvalue weighted by atomic mass is 9.92. The number of rotatable bonds is 27. The van der Waals surface area contributed by atoms with E-state index in [1.807, 2.05) is 50.2 Å². The lowest BCUT2D eigenvalue weighted by molar-refractivity contribution is -0.140. The second kappa shape index (κ2) is 27.1. The molecule has 0 bridgehead atoms. The number of hydrogen-bond acceptors (Lipinski definition) is 14. The monoisotopic (exact) mass is 1020 g/mol. The molecule has 2 heterocycles. The van der Waals surface area contributed by atoms with E-state index in [4.69, 9.17) is 52.4 Å². The van der Waals surface area contributed by atoms with Crippen molar-refractivity contribution in [3.63, 3.8) is 0 Å². The highest BCUT2D eigenvalue weighted by atomic mass is 35.5. The minimum atomic E-state index is -1.10. The number of carbonyl (C=O) groups is 2. The summed E-state index contributed by atoms with van der Waals surface area (Å²) in [5.74, 6) is -0.442. The van der Waals surface area contributed by atoms with Gasteiger partial charge in [-0.3, -0.25) is 29.5 Å². The number of nitrogens with zero attached hydrogens (tertiary/aromatic N) is 4. The van der Waals surface area contributed by atoms with Crippen LogP contribution < -0.4 is 29.6 Å². The normalized spacial score (nSPS) is 12.3. The molecule has 2 unspecified atom stereocenters. The van der Waals surface area contributed by atoms with Gasteiger partial charge in [0, 0.05) is 123 Å². The smallest absolute Gasteiger partial charge is 0.306 e. The van der Waals surface area contributed by atoms with E-state index in [9.17, 15) is 19.8 Å². The Morgan fingerprint density at radius 1 is 0.583 bits per heavy atom. The van der Waals surface area contributed by atoms with E-state index in [1.165, 1.54) is 0 Å². The Balaban J connectivity index is 1.18. The summed E-state index contributed by atoms with van der Waals surface area (Å²) in [5, 5.41) is 45.3. The van der Waals surface area contributed by atoms with Crippen LogP contribution in [0.1, 0.15) is 68.5 Å². The van der Waals surface area contributed by atoms with Crippen LogP contribution in [0.3, 0.4) is 0 Å². The van der Waals surface area contributed by atoms with Gasteiger partial charge in [-0.2, -0.15) is 0 Å². The number of aromatic nitrogens is 2. The molecule has 2 aromatic heterocycles. The molecule has 6 aromatic rings. The molecule has 0 aliphatic heterocycles. The number of aliphatic imine (C=N–C) groups is 2. The third-order valence-corrected chi connectivity index (χ3v) is 12.0. The second-order valence-electron chi connectivity index (χ2n) is 16.9. The lowest BCUT2D eigenvalue weighted by Crippen LogP contribution is -2.28.